The lowest BCUT2D eigenvalue weighted by molar-refractivity contribution is -0.175. The Morgan fingerprint density at radius 3 is 1.91 bits per heavy atom. The zero-order valence-corrected chi connectivity index (χ0v) is 29.5. The van der Waals surface area contributed by atoms with Crippen LogP contribution in [0.15, 0.2) is 12.2 Å². The molecular formula is C33H63F3N2O5Si. The largest absolute Gasteiger partial charge is 0.471 e. The summed E-state index contributed by atoms with van der Waals surface area (Å²) in [6, 6.07) is -1.43. The molecule has 0 aliphatic rings. The summed E-state index contributed by atoms with van der Waals surface area (Å²) in [4.78, 5) is 23.6. The maximum Gasteiger partial charge on any atom is 0.471 e. The molecule has 0 unspecified atom stereocenters. The second-order valence-corrected chi connectivity index (χ2v) is 18.2. The number of hydrogen-bond acceptors (Lipinski definition) is 5. The average molecular weight is 653 g/mol. The average Bonchev–Trinajstić information content (AvgIpc) is 2.93. The van der Waals surface area contributed by atoms with Gasteiger partial charge in [-0.1, -0.05) is 117 Å². The third-order valence-electron chi connectivity index (χ3n) is 8.30. The van der Waals surface area contributed by atoms with E-state index in [1.165, 1.54) is 57.4 Å². The molecule has 0 bridgehead atoms. The summed E-state index contributed by atoms with van der Waals surface area (Å²) in [5.41, 5.74) is 0. The molecule has 44 heavy (non-hydrogen) atoms. The van der Waals surface area contributed by atoms with Crippen molar-refractivity contribution < 1.29 is 37.0 Å². The molecule has 0 aromatic rings. The van der Waals surface area contributed by atoms with Gasteiger partial charge in [-0.15, -0.1) is 0 Å². The van der Waals surface area contributed by atoms with Gasteiger partial charge in [0.05, 0.1) is 12.1 Å². The summed E-state index contributed by atoms with van der Waals surface area (Å²) in [5.74, 6) is -2.19. The summed E-state index contributed by atoms with van der Waals surface area (Å²) in [6.45, 7) is 13.7. The molecule has 0 heterocycles. The van der Waals surface area contributed by atoms with Crippen molar-refractivity contribution in [1.29, 1.82) is 0 Å². The zero-order chi connectivity index (χ0) is 33.5. The van der Waals surface area contributed by atoms with Crippen LogP contribution >= 0.6 is 0 Å². The van der Waals surface area contributed by atoms with Crippen molar-refractivity contribution in [2.24, 2.45) is 0 Å². The van der Waals surface area contributed by atoms with Crippen molar-refractivity contribution in [3.05, 3.63) is 12.2 Å². The number of ether oxygens (including phenoxy) is 1. The molecule has 7 nitrogen and oxygen atoms in total. The van der Waals surface area contributed by atoms with Crippen LogP contribution in [0.4, 0.5) is 18.0 Å². The fourth-order valence-electron chi connectivity index (χ4n) is 4.30. The van der Waals surface area contributed by atoms with Gasteiger partial charge in [-0.2, -0.15) is 13.2 Å². The molecule has 260 valence electrons. The predicted octanol–water partition coefficient (Wildman–Crippen LogP) is 8.96. The number of nitrogens with one attached hydrogen (secondary N) is 2. The first-order valence-corrected chi connectivity index (χ1v) is 19.8. The van der Waals surface area contributed by atoms with Gasteiger partial charge in [0.1, 0.15) is 6.61 Å². The Morgan fingerprint density at radius 2 is 1.36 bits per heavy atom. The van der Waals surface area contributed by atoms with Gasteiger partial charge in [-0.25, -0.2) is 4.79 Å². The van der Waals surface area contributed by atoms with E-state index in [2.05, 4.69) is 46.1 Å². The normalized spacial score (nSPS) is 14.0. The Bertz CT molecular complexity index is 788. The maximum absolute atomic E-state index is 12.8. The number of allylic oxidation sites excluding steroid dienone is 1. The summed E-state index contributed by atoms with van der Waals surface area (Å²) >= 11 is 0. The van der Waals surface area contributed by atoms with Crippen molar-refractivity contribution >= 4 is 20.3 Å². The fourth-order valence-corrected chi connectivity index (χ4v) is 5.39. The van der Waals surface area contributed by atoms with Gasteiger partial charge in [0.25, 0.3) is 0 Å². The van der Waals surface area contributed by atoms with Crippen molar-refractivity contribution in [1.82, 2.24) is 10.6 Å². The molecule has 3 N–H and O–H groups in total. The van der Waals surface area contributed by atoms with E-state index in [9.17, 15) is 27.9 Å². The molecule has 0 aromatic carbocycles. The monoisotopic (exact) mass is 652 g/mol. The SMILES string of the molecule is CCCCCCCCCCCCC/C=C/[C@@H](O)[C@H](COC(=O)NCCCCCCO[Si](C)(C)C(C)(C)C)NC(=O)C(F)(F)F. The van der Waals surface area contributed by atoms with Gasteiger partial charge in [-0.3, -0.25) is 4.79 Å². The van der Waals surface area contributed by atoms with E-state index in [-0.39, 0.29) is 5.04 Å². The molecule has 0 radical (unpaired) electrons. The summed E-state index contributed by atoms with van der Waals surface area (Å²) in [5, 5.41) is 14.9. The lowest BCUT2D eigenvalue weighted by Crippen LogP contribution is -2.50. The molecule has 11 heteroatoms. The standard InChI is InChI=1S/C33H63F3N2O5Si/c1-7-8-9-10-11-12-13-14-15-16-17-18-21-24-29(39)28(38-30(40)33(34,35)36)27-42-31(41)37-25-22-19-20-23-26-43-44(5,6)32(2,3)4/h21,24,28-29,39H,7-20,22-23,25-27H2,1-6H3,(H,37,41)(H,38,40)/b24-21+/t28-,29+/m0/s1. The number of unbranched alkanes of at least 4 members (excludes halogenated alkanes) is 14. The van der Waals surface area contributed by atoms with E-state index >= 15 is 0 Å². The highest BCUT2D eigenvalue weighted by Crippen LogP contribution is 2.36. The number of aliphatic hydroxyl groups excluding tert-OH is 1. The van der Waals surface area contributed by atoms with Crippen LogP contribution < -0.4 is 10.6 Å². The van der Waals surface area contributed by atoms with E-state index < -0.39 is 45.2 Å². The van der Waals surface area contributed by atoms with Gasteiger partial charge in [0.15, 0.2) is 8.32 Å². The number of alkyl halides is 3. The van der Waals surface area contributed by atoms with Crippen molar-refractivity contribution in [3.63, 3.8) is 0 Å². The van der Waals surface area contributed by atoms with Crippen LogP contribution in [0.1, 0.15) is 130 Å². The molecule has 0 spiro atoms. The van der Waals surface area contributed by atoms with Crippen LogP contribution in [0.3, 0.4) is 0 Å². The van der Waals surface area contributed by atoms with Crippen LogP contribution in [0.25, 0.3) is 0 Å². The first-order chi connectivity index (χ1) is 20.6. The van der Waals surface area contributed by atoms with Crippen LogP contribution in [0, 0.1) is 0 Å². The smallest absolute Gasteiger partial charge is 0.447 e. The number of halogens is 3. The Hall–Kier alpha value is -1.59. The first kappa shape index (κ1) is 42.4. The van der Waals surface area contributed by atoms with Crippen LogP contribution in [-0.2, 0) is 14.0 Å². The molecule has 0 saturated heterocycles. The molecule has 0 aliphatic carbocycles. The predicted molar refractivity (Wildman–Crippen MR) is 175 cm³/mol. The van der Waals surface area contributed by atoms with Crippen molar-refractivity contribution in [2.45, 2.75) is 167 Å². The van der Waals surface area contributed by atoms with Crippen LogP contribution in [-0.4, -0.2) is 63.5 Å². The highest BCUT2D eigenvalue weighted by molar-refractivity contribution is 6.74. The van der Waals surface area contributed by atoms with Gasteiger partial charge in [0.2, 0.25) is 0 Å². The number of alkyl carbamates (subject to hydrolysis) is 1. The number of carbonyl (C=O) groups is 2. The molecular weight excluding hydrogens is 589 g/mol. The van der Waals surface area contributed by atoms with Gasteiger partial charge < -0.3 is 24.9 Å². The number of carbonyl (C=O) groups excluding carboxylic acids is 2. The molecule has 0 fully saturated rings. The third-order valence-corrected chi connectivity index (χ3v) is 12.8. The molecule has 0 aliphatic heterocycles. The quantitative estimate of drug-likeness (QED) is 0.0520. The maximum atomic E-state index is 12.8. The lowest BCUT2D eigenvalue weighted by Gasteiger charge is -2.36. The van der Waals surface area contributed by atoms with E-state index in [0.717, 1.165) is 38.5 Å². The van der Waals surface area contributed by atoms with Gasteiger partial charge >= 0.3 is 18.2 Å². The second-order valence-electron chi connectivity index (χ2n) is 13.4. The summed E-state index contributed by atoms with van der Waals surface area (Å²) in [7, 11) is -1.75. The van der Waals surface area contributed by atoms with E-state index in [1.54, 1.807) is 11.4 Å². The van der Waals surface area contributed by atoms with E-state index in [0.29, 0.717) is 26.0 Å². The molecule has 2 atom stereocenters. The minimum absolute atomic E-state index is 0.171. The second kappa shape index (κ2) is 23.7. The minimum Gasteiger partial charge on any atom is -0.447 e. The first-order valence-electron chi connectivity index (χ1n) is 16.9. The number of amides is 2. The Morgan fingerprint density at radius 1 is 0.841 bits per heavy atom. The van der Waals surface area contributed by atoms with Crippen LogP contribution in [0.5, 0.6) is 0 Å². The zero-order valence-electron chi connectivity index (χ0n) is 28.5. The summed E-state index contributed by atoms with van der Waals surface area (Å²) < 4.78 is 49.7. The highest BCUT2D eigenvalue weighted by atomic mass is 28.4. The Labute approximate surface area is 266 Å². The highest BCUT2D eigenvalue weighted by Gasteiger charge is 2.41. The lowest BCUT2D eigenvalue weighted by atomic mass is 10.0. The third kappa shape index (κ3) is 22.0. The molecule has 2 amide bonds. The van der Waals surface area contributed by atoms with Crippen molar-refractivity contribution in [2.75, 3.05) is 19.8 Å². The summed E-state index contributed by atoms with van der Waals surface area (Å²) in [6.07, 6.45) is 13.1. The van der Waals surface area contributed by atoms with Crippen LogP contribution in [0.2, 0.25) is 18.1 Å². The Balaban J connectivity index is 4.33. The number of hydrogen-bond donors (Lipinski definition) is 3. The molecule has 0 rings (SSSR count). The van der Waals surface area contributed by atoms with Crippen molar-refractivity contribution in [3.8, 4) is 0 Å². The molecule has 0 aromatic heterocycles. The van der Waals surface area contributed by atoms with E-state index in [4.69, 9.17) is 9.16 Å². The van der Waals surface area contributed by atoms with Gasteiger partial charge in [0, 0.05) is 13.2 Å². The van der Waals surface area contributed by atoms with Gasteiger partial charge in [-0.05, 0) is 43.8 Å². The number of rotatable bonds is 25. The number of aliphatic hydroxyl groups is 1. The Kier molecular flexibility index (Phi) is 22.8. The fraction of sp³-hybridized carbons (Fsp3) is 0.879. The minimum atomic E-state index is -5.12. The molecule has 0 saturated carbocycles. The van der Waals surface area contributed by atoms with E-state index in [1.807, 2.05) is 0 Å². The topological polar surface area (TPSA) is 96.9 Å².